The monoisotopic (exact) mass is 251 g/mol. The van der Waals surface area contributed by atoms with Crippen LogP contribution in [0.3, 0.4) is 0 Å². The van der Waals surface area contributed by atoms with E-state index in [0.29, 0.717) is 0 Å². The molecule has 0 radical (unpaired) electrons. The first kappa shape index (κ1) is 14.4. The Morgan fingerprint density at radius 2 is 1.78 bits per heavy atom. The van der Waals surface area contributed by atoms with Crippen molar-refractivity contribution in [2.24, 2.45) is 17.8 Å². The molecular weight excluding hydrogens is 218 g/mol. The maximum absolute atomic E-state index is 3.63. The molecule has 3 unspecified atom stereocenters. The van der Waals surface area contributed by atoms with Crippen LogP contribution in [0, 0.1) is 17.8 Å². The zero-order valence-corrected chi connectivity index (χ0v) is 12.6. The standard InChI is InChI=1S/C17H33N/c1-3-14-9-11-16(13-14)17(18-2)12-10-15-7-5-4-6-8-15/h14-18H,3-13H2,1-2H3. The van der Waals surface area contributed by atoms with Gasteiger partial charge < -0.3 is 5.32 Å². The van der Waals surface area contributed by atoms with Gasteiger partial charge in [-0.25, -0.2) is 0 Å². The molecule has 0 aromatic heterocycles. The van der Waals surface area contributed by atoms with E-state index in [1.807, 2.05) is 0 Å². The summed E-state index contributed by atoms with van der Waals surface area (Å²) >= 11 is 0. The predicted octanol–water partition coefficient (Wildman–Crippen LogP) is 4.76. The van der Waals surface area contributed by atoms with Crippen molar-refractivity contribution >= 4 is 0 Å². The van der Waals surface area contributed by atoms with E-state index in [0.717, 1.165) is 23.8 Å². The molecule has 0 bridgehead atoms. The minimum absolute atomic E-state index is 0.809. The zero-order valence-electron chi connectivity index (χ0n) is 12.6. The molecule has 18 heavy (non-hydrogen) atoms. The first-order valence-corrected chi connectivity index (χ1v) is 8.50. The Balaban J connectivity index is 1.71. The lowest BCUT2D eigenvalue weighted by Crippen LogP contribution is -2.33. The Morgan fingerprint density at radius 1 is 1.00 bits per heavy atom. The summed E-state index contributed by atoms with van der Waals surface area (Å²) in [5.74, 6) is 3.06. The highest BCUT2D eigenvalue weighted by atomic mass is 14.9. The van der Waals surface area contributed by atoms with E-state index in [1.54, 1.807) is 0 Å². The molecular formula is C17H33N. The molecule has 2 fully saturated rings. The lowest BCUT2D eigenvalue weighted by molar-refractivity contribution is 0.281. The summed E-state index contributed by atoms with van der Waals surface area (Å²) in [5, 5.41) is 3.63. The molecule has 2 aliphatic carbocycles. The van der Waals surface area contributed by atoms with Crippen molar-refractivity contribution in [1.29, 1.82) is 0 Å². The van der Waals surface area contributed by atoms with Gasteiger partial charge in [0.2, 0.25) is 0 Å². The first-order chi connectivity index (χ1) is 8.83. The first-order valence-electron chi connectivity index (χ1n) is 8.50. The van der Waals surface area contributed by atoms with Crippen LogP contribution in [0.15, 0.2) is 0 Å². The number of hydrogen-bond acceptors (Lipinski definition) is 1. The van der Waals surface area contributed by atoms with E-state index in [2.05, 4.69) is 19.3 Å². The molecule has 1 heteroatoms. The molecule has 0 heterocycles. The lowest BCUT2D eigenvalue weighted by atomic mass is 9.83. The van der Waals surface area contributed by atoms with Crippen LogP contribution in [0.25, 0.3) is 0 Å². The molecule has 0 spiro atoms. The molecule has 0 saturated heterocycles. The van der Waals surface area contributed by atoms with Gasteiger partial charge in [-0.3, -0.25) is 0 Å². The van der Waals surface area contributed by atoms with Crippen molar-refractivity contribution in [2.75, 3.05) is 7.05 Å². The number of nitrogens with one attached hydrogen (secondary N) is 1. The third-order valence-electron chi connectivity index (χ3n) is 5.71. The quantitative estimate of drug-likeness (QED) is 0.717. The van der Waals surface area contributed by atoms with E-state index in [4.69, 9.17) is 0 Å². The van der Waals surface area contributed by atoms with Crippen molar-refractivity contribution in [1.82, 2.24) is 5.32 Å². The normalized spacial score (nSPS) is 31.7. The molecule has 2 saturated carbocycles. The van der Waals surface area contributed by atoms with Crippen LogP contribution in [0.1, 0.15) is 77.6 Å². The highest BCUT2D eigenvalue weighted by Crippen LogP contribution is 2.37. The Morgan fingerprint density at radius 3 is 2.39 bits per heavy atom. The highest BCUT2D eigenvalue weighted by molar-refractivity contribution is 4.84. The van der Waals surface area contributed by atoms with E-state index in [9.17, 15) is 0 Å². The van der Waals surface area contributed by atoms with Gasteiger partial charge in [0.1, 0.15) is 0 Å². The summed E-state index contributed by atoms with van der Waals surface area (Å²) in [7, 11) is 2.19. The van der Waals surface area contributed by atoms with Gasteiger partial charge in [-0.1, -0.05) is 51.9 Å². The van der Waals surface area contributed by atoms with Gasteiger partial charge in [-0.15, -0.1) is 0 Å². The SMILES string of the molecule is CCC1CCC(C(CCC2CCCCC2)NC)C1. The van der Waals surface area contributed by atoms with E-state index < -0.39 is 0 Å². The van der Waals surface area contributed by atoms with Crippen LogP contribution in [0.5, 0.6) is 0 Å². The average molecular weight is 251 g/mol. The summed E-state index contributed by atoms with van der Waals surface area (Å²) < 4.78 is 0. The van der Waals surface area contributed by atoms with Crippen LogP contribution < -0.4 is 5.32 Å². The summed E-state index contributed by atoms with van der Waals surface area (Å²) in [6.07, 6.45) is 16.3. The smallest absolute Gasteiger partial charge is 0.00925 e. The van der Waals surface area contributed by atoms with Gasteiger partial charge in [-0.05, 0) is 50.5 Å². The number of hydrogen-bond donors (Lipinski definition) is 1. The van der Waals surface area contributed by atoms with Crippen molar-refractivity contribution in [3.63, 3.8) is 0 Å². The van der Waals surface area contributed by atoms with Crippen molar-refractivity contribution in [3.8, 4) is 0 Å². The second kappa shape index (κ2) is 7.53. The van der Waals surface area contributed by atoms with E-state index >= 15 is 0 Å². The third kappa shape index (κ3) is 3.98. The molecule has 1 N–H and O–H groups in total. The molecule has 0 aromatic rings. The van der Waals surface area contributed by atoms with Crippen LogP contribution >= 0.6 is 0 Å². The molecule has 2 aliphatic rings. The minimum Gasteiger partial charge on any atom is -0.317 e. The predicted molar refractivity (Wildman–Crippen MR) is 79.8 cm³/mol. The van der Waals surface area contributed by atoms with Crippen LogP contribution in [0.4, 0.5) is 0 Å². The number of rotatable bonds is 6. The van der Waals surface area contributed by atoms with Crippen LogP contribution in [0.2, 0.25) is 0 Å². The van der Waals surface area contributed by atoms with E-state index in [-0.39, 0.29) is 0 Å². The van der Waals surface area contributed by atoms with Gasteiger partial charge in [0.25, 0.3) is 0 Å². The zero-order chi connectivity index (χ0) is 12.8. The third-order valence-corrected chi connectivity index (χ3v) is 5.71. The summed E-state index contributed by atoms with van der Waals surface area (Å²) in [4.78, 5) is 0. The summed E-state index contributed by atoms with van der Waals surface area (Å²) in [5.41, 5.74) is 0. The Bertz CT molecular complexity index is 220. The minimum atomic E-state index is 0.809. The van der Waals surface area contributed by atoms with Crippen LogP contribution in [-0.4, -0.2) is 13.1 Å². The van der Waals surface area contributed by atoms with Gasteiger partial charge in [0.15, 0.2) is 0 Å². The highest BCUT2D eigenvalue weighted by Gasteiger charge is 2.29. The van der Waals surface area contributed by atoms with Crippen molar-refractivity contribution in [2.45, 2.75) is 83.6 Å². The largest absolute Gasteiger partial charge is 0.317 e. The molecule has 0 aliphatic heterocycles. The van der Waals surface area contributed by atoms with Gasteiger partial charge in [-0.2, -0.15) is 0 Å². The maximum atomic E-state index is 3.63. The fourth-order valence-corrected chi connectivity index (χ4v) is 4.36. The van der Waals surface area contributed by atoms with Gasteiger partial charge >= 0.3 is 0 Å². The molecule has 0 aromatic carbocycles. The van der Waals surface area contributed by atoms with E-state index in [1.165, 1.54) is 70.6 Å². The van der Waals surface area contributed by atoms with Gasteiger partial charge in [0, 0.05) is 6.04 Å². The lowest BCUT2D eigenvalue weighted by Gasteiger charge is -2.27. The van der Waals surface area contributed by atoms with Gasteiger partial charge in [0.05, 0.1) is 0 Å². The fourth-order valence-electron chi connectivity index (χ4n) is 4.36. The molecule has 0 amide bonds. The topological polar surface area (TPSA) is 12.0 Å². The Hall–Kier alpha value is -0.0400. The molecule has 2 rings (SSSR count). The maximum Gasteiger partial charge on any atom is 0.00925 e. The second-order valence-electron chi connectivity index (χ2n) is 6.82. The molecule has 3 atom stereocenters. The average Bonchev–Trinajstić information content (AvgIpc) is 2.89. The Kier molecular flexibility index (Phi) is 6.01. The Labute approximate surface area is 114 Å². The van der Waals surface area contributed by atoms with Crippen molar-refractivity contribution in [3.05, 3.63) is 0 Å². The fraction of sp³-hybridized carbons (Fsp3) is 1.00. The second-order valence-corrected chi connectivity index (χ2v) is 6.82. The summed E-state index contributed by atoms with van der Waals surface area (Å²) in [6.45, 7) is 2.36. The van der Waals surface area contributed by atoms with Crippen LogP contribution in [-0.2, 0) is 0 Å². The van der Waals surface area contributed by atoms with Crippen molar-refractivity contribution < 1.29 is 0 Å². The molecule has 1 nitrogen and oxygen atoms in total. The summed E-state index contributed by atoms with van der Waals surface area (Å²) in [6, 6.07) is 0.809. The molecule has 106 valence electrons.